The Morgan fingerprint density at radius 2 is 2.00 bits per heavy atom. The largest absolute Gasteiger partial charge is 0.459 e. The van der Waals surface area contributed by atoms with Crippen LogP contribution in [-0.4, -0.2) is 20.9 Å². The van der Waals surface area contributed by atoms with E-state index in [9.17, 15) is 4.79 Å². The summed E-state index contributed by atoms with van der Waals surface area (Å²) in [6.45, 7) is 3.69. The fourth-order valence-corrected chi connectivity index (χ4v) is 4.00. The first-order valence-electron chi connectivity index (χ1n) is 7.82. The van der Waals surface area contributed by atoms with Crippen LogP contribution in [0.15, 0.2) is 46.3 Å². The monoisotopic (exact) mass is 382 g/mol. The average molecular weight is 382 g/mol. The Hall–Kier alpha value is -2.84. The summed E-state index contributed by atoms with van der Waals surface area (Å²) < 4.78 is 5.59. The smallest absolute Gasteiger partial charge is 0.269 e. The van der Waals surface area contributed by atoms with Gasteiger partial charge < -0.3 is 4.42 Å². The molecule has 0 unspecified atom stereocenters. The van der Waals surface area contributed by atoms with Crippen molar-refractivity contribution in [2.45, 2.75) is 13.8 Å². The SMILES string of the molecule is Cc1ccc(-c2nc(C)c(C(=O)Nc3nc(-c4ccccn4)cs3)s2)o1. The molecule has 0 aromatic carbocycles. The standard InChI is InChI=1S/C18H14N4O2S2/c1-10-6-7-14(24-10)17-20-11(2)15(26-17)16(23)22-18-21-13(9-25-18)12-5-3-4-8-19-12/h3-9H,1-2H3,(H,21,22,23). The number of carbonyl (C=O) groups excluding carboxylic acids is 1. The van der Waals surface area contributed by atoms with Crippen LogP contribution in [0.1, 0.15) is 21.1 Å². The van der Waals surface area contributed by atoms with Crippen molar-refractivity contribution in [2.75, 3.05) is 5.32 Å². The molecular weight excluding hydrogens is 368 g/mol. The zero-order valence-electron chi connectivity index (χ0n) is 14.0. The van der Waals surface area contributed by atoms with Crippen molar-refractivity contribution < 1.29 is 9.21 Å². The van der Waals surface area contributed by atoms with Gasteiger partial charge in [0.1, 0.15) is 16.3 Å². The predicted molar refractivity (Wildman–Crippen MR) is 103 cm³/mol. The third-order valence-electron chi connectivity index (χ3n) is 3.61. The van der Waals surface area contributed by atoms with E-state index in [-0.39, 0.29) is 5.91 Å². The highest BCUT2D eigenvalue weighted by atomic mass is 32.1. The molecule has 6 nitrogen and oxygen atoms in total. The summed E-state index contributed by atoms with van der Waals surface area (Å²) >= 11 is 2.67. The van der Waals surface area contributed by atoms with Crippen LogP contribution in [-0.2, 0) is 0 Å². The first-order chi connectivity index (χ1) is 12.6. The molecule has 1 N–H and O–H groups in total. The summed E-state index contributed by atoms with van der Waals surface area (Å²) in [5.41, 5.74) is 2.17. The zero-order valence-corrected chi connectivity index (χ0v) is 15.6. The number of hydrogen-bond donors (Lipinski definition) is 1. The minimum Gasteiger partial charge on any atom is -0.459 e. The lowest BCUT2D eigenvalue weighted by atomic mass is 10.3. The molecule has 0 aliphatic carbocycles. The van der Waals surface area contributed by atoms with E-state index in [1.54, 1.807) is 6.20 Å². The molecule has 0 atom stereocenters. The van der Waals surface area contributed by atoms with Crippen LogP contribution in [0.25, 0.3) is 22.2 Å². The van der Waals surface area contributed by atoms with E-state index in [0.29, 0.717) is 26.5 Å². The molecule has 0 spiro atoms. The van der Waals surface area contributed by atoms with Crippen LogP contribution in [0.4, 0.5) is 5.13 Å². The number of hydrogen-bond acceptors (Lipinski definition) is 7. The first kappa shape index (κ1) is 16.6. The number of anilines is 1. The molecule has 130 valence electrons. The topological polar surface area (TPSA) is 80.9 Å². The highest BCUT2D eigenvalue weighted by Crippen LogP contribution is 2.30. The predicted octanol–water partition coefficient (Wildman–Crippen LogP) is 4.79. The summed E-state index contributed by atoms with van der Waals surface area (Å²) in [7, 11) is 0. The Morgan fingerprint density at radius 3 is 2.73 bits per heavy atom. The number of carbonyl (C=O) groups is 1. The number of nitrogens with zero attached hydrogens (tertiary/aromatic N) is 3. The third kappa shape index (κ3) is 3.29. The second-order valence-corrected chi connectivity index (χ2v) is 7.41. The summed E-state index contributed by atoms with van der Waals surface area (Å²) in [5.74, 6) is 1.25. The Kier molecular flexibility index (Phi) is 4.36. The highest BCUT2D eigenvalue weighted by molar-refractivity contribution is 7.17. The van der Waals surface area contributed by atoms with Gasteiger partial charge in [0.25, 0.3) is 5.91 Å². The van der Waals surface area contributed by atoms with Crippen molar-refractivity contribution >= 4 is 33.7 Å². The van der Waals surface area contributed by atoms with Gasteiger partial charge in [-0.1, -0.05) is 6.07 Å². The van der Waals surface area contributed by atoms with Crippen molar-refractivity contribution in [2.24, 2.45) is 0 Å². The van der Waals surface area contributed by atoms with Crippen molar-refractivity contribution in [3.63, 3.8) is 0 Å². The molecule has 4 aromatic heterocycles. The van der Waals surface area contributed by atoms with E-state index >= 15 is 0 Å². The number of aryl methyl sites for hydroxylation is 2. The summed E-state index contributed by atoms with van der Waals surface area (Å²) in [6.07, 6.45) is 1.71. The fraction of sp³-hybridized carbons (Fsp3) is 0.111. The van der Waals surface area contributed by atoms with Gasteiger partial charge in [-0.3, -0.25) is 15.1 Å². The Bertz CT molecular complexity index is 1070. The second kappa shape index (κ2) is 6.81. The second-order valence-electron chi connectivity index (χ2n) is 5.55. The Labute approximate surface area is 157 Å². The van der Waals surface area contributed by atoms with E-state index in [0.717, 1.165) is 17.1 Å². The van der Waals surface area contributed by atoms with Gasteiger partial charge in [0.2, 0.25) is 0 Å². The van der Waals surface area contributed by atoms with Crippen molar-refractivity contribution in [1.82, 2.24) is 15.0 Å². The minimum atomic E-state index is -0.226. The van der Waals surface area contributed by atoms with E-state index in [1.807, 2.05) is 49.6 Å². The minimum absolute atomic E-state index is 0.226. The zero-order chi connectivity index (χ0) is 18.1. The Balaban J connectivity index is 1.54. The van der Waals surface area contributed by atoms with Crippen LogP contribution >= 0.6 is 22.7 Å². The van der Waals surface area contributed by atoms with Crippen LogP contribution in [0.3, 0.4) is 0 Å². The van der Waals surface area contributed by atoms with Gasteiger partial charge in [-0.05, 0) is 38.1 Å². The van der Waals surface area contributed by atoms with Gasteiger partial charge >= 0.3 is 0 Å². The van der Waals surface area contributed by atoms with Gasteiger partial charge in [0.15, 0.2) is 15.9 Å². The number of rotatable bonds is 4. The molecule has 8 heteroatoms. The summed E-state index contributed by atoms with van der Waals surface area (Å²) in [4.78, 5) is 26.3. The molecule has 4 heterocycles. The molecule has 0 fully saturated rings. The van der Waals surface area contributed by atoms with Crippen LogP contribution in [0, 0.1) is 13.8 Å². The van der Waals surface area contributed by atoms with Crippen molar-refractivity contribution in [1.29, 1.82) is 0 Å². The molecule has 26 heavy (non-hydrogen) atoms. The number of thiazole rings is 2. The van der Waals surface area contributed by atoms with Gasteiger partial charge in [0.05, 0.1) is 11.4 Å². The van der Waals surface area contributed by atoms with E-state index < -0.39 is 0 Å². The van der Waals surface area contributed by atoms with Gasteiger partial charge in [-0.2, -0.15) is 0 Å². The van der Waals surface area contributed by atoms with E-state index in [2.05, 4.69) is 20.3 Å². The third-order valence-corrected chi connectivity index (χ3v) is 5.53. The quantitative estimate of drug-likeness (QED) is 0.549. The number of amides is 1. The lowest BCUT2D eigenvalue weighted by molar-refractivity contribution is 0.103. The van der Waals surface area contributed by atoms with Crippen LogP contribution in [0.2, 0.25) is 0 Å². The molecule has 0 aliphatic rings. The number of aromatic nitrogens is 3. The molecule has 0 aliphatic heterocycles. The lowest BCUT2D eigenvalue weighted by Crippen LogP contribution is -2.11. The normalized spacial score (nSPS) is 10.8. The first-order valence-corrected chi connectivity index (χ1v) is 9.52. The number of pyridine rings is 1. The maximum atomic E-state index is 12.6. The molecular formula is C18H14N4O2S2. The number of furan rings is 1. The lowest BCUT2D eigenvalue weighted by Gasteiger charge is -1.99. The average Bonchev–Trinajstić information content (AvgIpc) is 3.36. The summed E-state index contributed by atoms with van der Waals surface area (Å²) in [6, 6.07) is 9.36. The molecule has 4 rings (SSSR count). The molecule has 0 radical (unpaired) electrons. The molecule has 0 saturated carbocycles. The maximum absolute atomic E-state index is 12.6. The molecule has 4 aromatic rings. The van der Waals surface area contributed by atoms with E-state index in [4.69, 9.17) is 4.42 Å². The van der Waals surface area contributed by atoms with Gasteiger partial charge in [-0.25, -0.2) is 9.97 Å². The fourth-order valence-electron chi connectivity index (χ4n) is 2.38. The van der Waals surface area contributed by atoms with Crippen molar-refractivity contribution in [3.8, 4) is 22.2 Å². The van der Waals surface area contributed by atoms with Crippen LogP contribution in [0.5, 0.6) is 0 Å². The summed E-state index contributed by atoms with van der Waals surface area (Å²) in [5, 5.41) is 5.92. The van der Waals surface area contributed by atoms with Gasteiger partial charge in [-0.15, -0.1) is 22.7 Å². The highest BCUT2D eigenvalue weighted by Gasteiger charge is 2.19. The molecule has 0 saturated heterocycles. The van der Waals surface area contributed by atoms with Gasteiger partial charge in [0, 0.05) is 11.6 Å². The Morgan fingerprint density at radius 1 is 1.12 bits per heavy atom. The molecule has 1 amide bonds. The van der Waals surface area contributed by atoms with Crippen molar-refractivity contribution in [3.05, 3.63) is 58.2 Å². The number of nitrogens with one attached hydrogen (secondary N) is 1. The van der Waals surface area contributed by atoms with Crippen LogP contribution < -0.4 is 5.32 Å². The van der Waals surface area contributed by atoms with E-state index in [1.165, 1.54) is 22.7 Å². The molecule has 0 bridgehead atoms. The maximum Gasteiger partial charge on any atom is 0.269 e.